The van der Waals surface area contributed by atoms with E-state index in [4.69, 9.17) is 13.9 Å². The molecule has 0 N–H and O–H groups in total. The first-order valence-corrected chi connectivity index (χ1v) is 13.4. The van der Waals surface area contributed by atoms with E-state index in [-0.39, 0.29) is 10.5 Å². The van der Waals surface area contributed by atoms with Gasteiger partial charge in [0.25, 0.3) is 0 Å². The minimum Gasteiger partial charge on any atom is -0.543 e. The van der Waals surface area contributed by atoms with Crippen LogP contribution in [0.15, 0.2) is 48.5 Å². The first-order valence-electron chi connectivity index (χ1n) is 10.5. The van der Waals surface area contributed by atoms with Gasteiger partial charge in [-0.15, -0.1) is 0 Å². The van der Waals surface area contributed by atoms with E-state index in [0.717, 1.165) is 11.3 Å². The van der Waals surface area contributed by atoms with Crippen LogP contribution in [0.25, 0.3) is 0 Å². The molecular weight excluding hydrogens is 408 g/mol. The molecule has 2 aromatic rings. The highest BCUT2D eigenvalue weighted by molar-refractivity contribution is 6.74. The number of benzene rings is 2. The topological polar surface area (TPSA) is 61.8 Å². The summed E-state index contributed by atoms with van der Waals surface area (Å²) in [6, 6.07) is 13.9. The number of hydrogen-bond acceptors (Lipinski definition) is 5. The smallest absolute Gasteiger partial charge is 0.341 e. The largest absolute Gasteiger partial charge is 0.543 e. The van der Waals surface area contributed by atoms with E-state index in [1.54, 1.807) is 30.3 Å². The lowest BCUT2D eigenvalue weighted by Crippen LogP contribution is -2.44. The highest BCUT2D eigenvalue weighted by atomic mass is 28.4. The molecule has 0 saturated carbocycles. The number of ether oxygens (including phenoxy) is 2. The Hall–Kier alpha value is -2.60. The maximum absolute atomic E-state index is 12.6. The zero-order valence-corrected chi connectivity index (χ0v) is 20.9. The summed E-state index contributed by atoms with van der Waals surface area (Å²) in [6.07, 6.45) is 0. The molecule has 0 aromatic heterocycles. The number of carbonyl (C=O) groups excluding carboxylic acids is 2. The van der Waals surface area contributed by atoms with Gasteiger partial charge in [0.2, 0.25) is 15.1 Å². The summed E-state index contributed by atoms with van der Waals surface area (Å²) in [4.78, 5) is 24.5. The lowest BCUT2D eigenvalue weighted by molar-refractivity contribution is -0.0167. The van der Waals surface area contributed by atoms with Crippen molar-refractivity contribution in [3.8, 4) is 5.75 Å². The van der Waals surface area contributed by atoms with Crippen molar-refractivity contribution >= 4 is 20.3 Å². The van der Waals surface area contributed by atoms with E-state index in [1.807, 2.05) is 18.2 Å². The summed E-state index contributed by atoms with van der Waals surface area (Å²) < 4.78 is 16.8. The van der Waals surface area contributed by atoms with Gasteiger partial charge in [0, 0.05) is 0 Å². The lowest BCUT2D eigenvalue weighted by atomic mass is 9.85. The summed E-state index contributed by atoms with van der Waals surface area (Å²) in [5.41, 5.74) is 1.50. The summed E-state index contributed by atoms with van der Waals surface area (Å²) >= 11 is 0. The molecule has 5 nitrogen and oxygen atoms in total. The molecule has 2 aromatic carbocycles. The van der Waals surface area contributed by atoms with Crippen LogP contribution in [-0.4, -0.2) is 27.0 Å². The standard InChI is InChI=1S/C25H34O5Si/c1-24(2,3)20-16-19(14-15-21(20)30-31(7,8)25(4,5)6)23(27)29-17-28-22(26)18-12-10-9-11-13-18/h9-16H,17H2,1-8H3. The summed E-state index contributed by atoms with van der Waals surface area (Å²) in [5, 5.41) is 0.0579. The van der Waals surface area contributed by atoms with Crippen molar-refractivity contribution in [2.24, 2.45) is 0 Å². The van der Waals surface area contributed by atoms with Crippen molar-refractivity contribution in [3.05, 3.63) is 65.2 Å². The maximum atomic E-state index is 12.6. The van der Waals surface area contributed by atoms with Gasteiger partial charge in [-0.05, 0) is 59.4 Å². The summed E-state index contributed by atoms with van der Waals surface area (Å²) in [5.74, 6) is -0.293. The minimum atomic E-state index is -2.04. The zero-order valence-electron chi connectivity index (χ0n) is 19.9. The SMILES string of the molecule is CC(C)(C)c1cc(C(=O)OCOC(=O)c2ccccc2)ccc1O[Si](C)(C)C(C)(C)C. The number of esters is 2. The van der Waals surface area contributed by atoms with E-state index in [1.165, 1.54) is 0 Å². The van der Waals surface area contributed by atoms with Crippen LogP contribution in [0.4, 0.5) is 0 Å². The van der Waals surface area contributed by atoms with Crippen LogP contribution in [0.1, 0.15) is 67.8 Å². The molecule has 0 aliphatic heterocycles. The molecule has 2 rings (SSSR count). The van der Waals surface area contributed by atoms with Gasteiger partial charge in [-0.3, -0.25) is 0 Å². The third kappa shape index (κ3) is 6.44. The van der Waals surface area contributed by atoms with E-state index >= 15 is 0 Å². The molecular formula is C25H34O5Si. The molecule has 0 fully saturated rings. The molecule has 31 heavy (non-hydrogen) atoms. The highest BCUT2D eigenvalue weighted by Gasteiger charge is 2.40. The number of rotatable bonds is 6. The fraction of sp³-hybridized carbons (Fsp3) is 0.440. The molecule has 0 spiro atoms. The summed E-state index contributed by atoms with van der Waals surface area (Å²) in [7, 11) is -2.04. The third-order valence-electron chi connectivity index (χ3n) is 5.58. The second kappa shape index (κ2) is 9.26. The second-order valence-electron chi connectivity index (χ2n) is 10.2. The van der Waals surface area contributed by atoms with Crippen molar-refractivity contribution in [2.45, 2.75) is 65.1 Å². The van der Waals surface area contributed by atoms with Crippen molar-refractivity contribution < 1.29 is 23.5 Å². The molecule has 0 radical (unpaired) electrons. The Labute approximate surface area is 186 Å². The first-order chi connectivity index (χ1) is 14.2. The Balaban J connectivity index is 2.14. The van der Waals surface area contributed by atoms with Crippen LogP contribution < -0.4 is 4.43 Å². The second-order valence-corrected chi connectivity index (χ2v) is 14.9. The number of carbonyl (C=O) groups is 2. The molecule has 0 unspecified atom stereocenters. The van der Waals surface area contributed by atoms with Crippen molar-refractivity contribution in [2.75, 3.05) is 6.79 Å². The monoisotopic (exact) mass is 442 g/mol. The van der Waals surface area contributed by atoms with Gasteiger partial charge in [0.15, 0.2) is 0 Å². The predicted molar refractivity (Wildman–Crippen MR) is 125 cm³/mol. The van der Waals surface area contributed by atoms with Gasteiger partial charge in [-0.2, -0.15) is 0 Å². The zero-order chi connectivity index (χ0) is 23.4. The maximum Gasteiger partial charge on any atom is 0.341 e. The molecule has 0 atom stereocenters. The Kier molecular flexibility index (Phi) is 7.37. The van der Waals surface area contributed by atoms with Crippen LogP contribution in [0.5, 0.6) is 5.75 Å². The summed E-state index contributed by atoms with van der Waals surface area (Å²) in [6.45, 7) is 16.8. The fourth-order valence-electron chi connectivity index (χ4n) is 2.64. The Morgan fingerprint density at radius 1 is 0.806 bits per heavy atom. The van der Waals surface area contributed by atoms with E-state index in [9.17, 15) is 9.59 Å². The highest BCUT2D eigenvalue weighted by Crippen LogP contribution is 2.40. The van der Waals surface area contributed by atoms with Gasteiger partial charge in [0.1, 0.15) is 5.75 Å². The molecule has 0 saturated heterocycles. The Morgan fingerprint density at radius 2 is 1.35 bits per heavy atom. The molecule has 0 amide bonds. The quantitative estimate of drug-likeness (QED) is 0.297. The van der Waals surface area contributed by atoms with Crippen molar-refractivity contribution in [3.63, 3.8) is 0 Å². The molecule has 0 aliphatic carbocycles. The van der Waals surface area contributed by atoms with Crippen molar-refractivity contribution in [1.82, 2.24) is 0 Å². The van der Waals surface area contributed by atoms with Gasteiger partial charge in [-0.25, -0.2) is 9.59 Å². The van der Waals surface area contributed by atoms with Gasteiger partial charge < -0.3 is 13.9 Å². The third-order valence-corrected chi connectivity index (χ3v) is 9.93. The van der Waals surface area contributed by atoms with E-state index in [0.29, 0.717) is 11.1 Å². The van der Waals surface area contributed by atoms with Crippen LogP contribution in [0.2, 0.25) is 18.1 Å². The average molecular weight is 443 g/mol. The predicted octanol–water partition coefficient (Wildman–Crippen LogP) is 6.34. The normalized spacial score (nSPS) is 12.3. The lowest BCUT2D eigenvalue weighted by Gasteiger charge is -2.38. The molecule has 0 heterocycles. The molecule has 0 aliphatic rings. The Bertz CT molecular complexity index is 921. The van der Waals surface area contributed by atoms with Crippen LogP contribution >= 0.6 is 0 Å². The minimum absolute atomic E-state index is 0.0579. The fourth-order valence-corrected chi connectivity index (χ4v) is 3.67. The molecule has 0 bridgehead atoms. The molecule has 6 heteroatoms. The van der Waals surface area contributed by atoms with Gasteiger partial charge in [0.05, 0.1) is 11.1 Å². The van der Waals surface area contributed by atoms with Gasteiger partial charge in [-0.1, -0.05) is 59.7 Å². The number of hydrogen-bond donors (Lipinski definition) is 0. The van der Waals surface area contributed by atoms with E-state index in [2.05, 4.69) is 54.6 Å². The Morgan fingerprint density at radius 3 is 1.87 bits per heavy atom. The average Bonchev–Trinajstić information content (AvgIpc) is 2.66. The van der Waals surface area contributed by atoms with Crippen LogP contribution in [-0.2, 0) is 14.9 Å². The van der Waals surface area contributed by atoms with Gasteiger partial charge >= 0.3 is 11.9 Å². The van der Waals surface area contributed by atoms with Crippen molar-refractivity contribution in [1.29, 1.82) is 0 Å². The van der Waals surface area contributed by atoms with Crippen LogP contribution in [0.3, 0.4) is 0 Å². The van der Waals surface area contributed by atoms with E-state index < -0.39 is 27.0 Å². The molecule has 168 valence electrons. The van der Waals surface area contributed by atoms with Crippen LogP contribution in [0, 0.1) is 0 Å². The first kappa shape index (κ1) is 24.7.